The second kappa shape index (κ2) is 11.1. The third kappa shape index (κ3) is 5.61. The molecule has 0 unspecified atom stereocenters. The number of nitrogens with zero attached hydrogens (tertiary/aromatic N) is 2. The zero-order chi connectivity index (χ0) is 26.5. The molecule has 190 valence electrons. The average molecular weight is 536 g/mol. The summed E-state index contributed by atoms with van der Waals surface area (Å²) in [7, 11) is -0.516. The van der Waals surface area contributed by atoms with Crippen molar-refractivity contribution in [1.82, 2.24) is 0 Å². The molecule has 1 amide bonds. The molecular weight excluding hydrogens is 514 g/mol. The molecule has 3 aromatic rings. The van der Waals surface area contributed by atoms with Gasteiger partial charge < -0.3 is 19.5 Å². The first kappa shape index (κ1) is 26.6. The van der Waals surface area contributed by atoms with E-state index >= 15 is 0 Å². The maximum atomic E-state index is 13.8. The van der Waals surface area contributed by atoms with Gasteiger partial charge in [-0.25, -0.2) is 8.42 Å². The summed E-state index contributed by atoms with van der Waals surface area (Å²) in [5.74, 6) is -0.0464. The molecule has 0 spiro atoms. The van der Waals surface area contributed by atoms with Crippen molar-refractivity contribution < 1.29 is 32.3 Å². The van der Waals surface area contributed by atoms with E-state index in [9.17, 15) is 23.3 Å². The first-order valence-corrected chi connectivity index (χ1v) is 12.1. The first-order chi connectivity index (χ1) is 17.1. The van der Waals surface area contributed by atoms with E-state index < -0.39 is 38.0 Å². The lowest BCUT2D eigenvalue weighted by molar-refractivity contribution is -0.387. The topological polar surface area (TPSA) is 137 Å². The van der Waals surface area contributed by atoms with E-state index in [1.54, 1.807) is 6.07 Å². The molecule has 0 aliphatic rings. The number of para-hydroxylation sites is 1. The number of nitro benzene ring substituents is 1. The summed E-state index contributed by atoms with van der Waals surface area (Å²) in [5, 5.41) is 14.5. The Hall–Kier alpha value is -4.03. The number of ether oxygens (including phenoxy) is 3. The lowest BCUT2D eigenvalue weighted by atomic mass is 10.2. The fraction of sp³-hybridized carbons (Fsp3) is 0.174. The van der Waals surface area contributed by atoms with Crippen molar-refractivity contribution >= 4 is 44.6 Å². The van der Waals surface area contributed by atoms with Crippen LogP contribution < -0.4 is 23.8 Å². The van der Waals surface area contributed by atoms with Gasteiger partial charge in [0.25, 0.3) is 15.7 Å². The smallest absolute Gasteiger partial charge is 0.289 e. The molecule has 0 aliphatic carbocycles. The van der Waals surface area contributed by atoms with Crippen molar-refractivity contribution in [3.05, 3.63) is 75.8 Å². The van der Waals surface area contributed by atoms with Gasteiger partial charge in [-0.3, -0.25) is 19.2 Å². The Kier molecular flexibility index (Phi) is 8.22. The minimum absolute atomic E-state index is 0.0374. The van der Waals surface area contributed by atoms with Gasteiger partial charge in [0.2, 0.25) is 5.91 Å². The number of nitro groups is 1. The molecule has 13 heteroatoms. The molecule has 3 aromatic carbocycles. The van der Waals surface area contributed by atoms with Gasteiger partial charge in [0.05, 0.1) is 37.6 Å². The van der Waals surface area contributed by atoms with E-state index in [2.05, 4.69) is 5.32 Å². The van der Waals surface area contributed by atoms with E-state index in [0.717, 1.165) is 16.4 Å². The number of rotatable bonds is 10. The summed E-state index contributed by atoms with van der Waals surface area (Å²) in [4.78, 5) is 23.2. The molecule has 0 saturated heterocycles. The molecule has 11 nitrogen and oxygen atoms in total. The van der Waals surface area contributed by atoms with Crippen molar-refractivity contribution in [1.29, 1.82) is 0 Å². The van der Waals surface area contributed by atoms with Crippen LogP contribution in [0.2, 0.25) is 5.02 Å². The van der Waals surface area contributed by atoms with Crippen LogP contribution in [-0.2, 0) is 14.8 Å². The van der Waals surface area contributed by atoms with E-state index in [0.29, 0.717) is 16.5 Å². The van der Waals surface area contributed by atoms with Crippen LogP contribution in [0.25, 0.3) is 0 Å². The number of amides is 1. The minimum Gasteiger partial charge on any atom is -0.497 e. The SMILES string of the molecule is COc1ccc(N(CC(=O)Nc2cc(Cl)ccc2OC)S(=O)(=O)c2ccccc2[N+](=O)[O-])c(OC)c1. The Balaban J connectivity index is 2.12. The normalized spacial score (nSPS) is 10.9. The number of nitrogens with one attached hydrogen (secondary N) is 1. The standard InChI is InChI=1S/C23H22ClN3O8S/c1-33-16-9-10-18(21(13-16)35-3)26(36(31,32)22-7-5-4-6-19(22)27(29)30)14-23(28)25-17-12-15(24)8-11-20(17)34-2/h4-13H,14H2,1-3H3,(H,25,28). The number of methoxy groups -OCH3 is 3. The monoisotopic (exact) mass is 535 g/mol. The zero-order valence-corrected chi connectivity index (χ0v) is 21.0. The van der Waals surface area contributed by atoms with E-state index in [-0.39, 0.29) is 17.1 Å². The Labute approximate surface area is 212 Å². The lowest BCUT2D eigenvalue weighted by Crippen LogP contribution is -2.38. The predicted octanol–water partition coefficient (Wildman–Crippen LogP) is 4.11. The molecule has 0 radical (unpaired) electrons. The number of anilines is 2. The summed E-state index contributed by atoms with van der Waals surface area (Å²) in [6, 6.07) is 13.6. The highest BCUT2D eigenvalue weighted by Crippen LogP contribution is 2.37. The third-order valence-corrected chi connectivity index (χ3v) is 7.05. The van der Waals surface area contributed by atoms with Crippen LogP contribution in [-0.4, -0.2) is 47.1 Å². The molecule has 0 fully saturated rings. The molecule has 3 rings (SSSR count). The number of carbonyl (C=O) groups excluding carboxylic acids is 1. The van der Waals surface area contributed by atoms with Crippen molar-refractivity contribution in [2.75, 3.05) is 37.5 Å². The van der Waals surface area contributed by atoms with Gasteiger partial charge >= 0.3 is 0 Å². The number of halogens is 1. The summed E-state index contributed by atoms with van der Waals surface area (Å²) in [6.07, 6.45) is 0. The summed E-state index contributed by atoms with van der Waals surface area (Å²) < 4.78 is 44.0. The van der Waals surface area contributed by atoms with Gasteiger partial charge in [0, 0.05) is 17.2 Å². The van der Waals surface area contributed by atoms with Crippen LogP contribution in [0, 0.1) is 10.1 Å². The molecule has 0 aliphatic heterocycles. The fourth-order valence-corrected chi connectivity index (χ4v) is 5.10. The predicted molar refractivity (Wildman–Crippen MR) is 134 cm³/mol. The highest BCUT2D eigenvalue weighted by molar-refractivity contribution is 7.93. The Morgan fingerprint density at radius 1 is 1.00 bits per heavy atom. The average Bonchev–Trinajstić information content (AvgIpc) is 2.87. The van der Waals surface area contributed by atoms with Gasteiger partial charge in [-0.05, 0) is 36.4 Å². The summed E-state index contributed by atoms with van der Waals surface area (Å²) in [5.41, 5.74) is -0.476. The quantitative estimate of drug-likeness (QED) is 0.302. The van der Waals surface area contributed by atoms with Gasteiger partial charge in [-0.1, -0.05) is 23.7 Å². The highest BCUT2D eigenvalue weighted by Gasteiger charge is 2.34. The lowest BCUT2D eigenvalue weighted by Gasteiger charge is -2.26. The van der Waals surface area contributed by atoms with Crippen LogP contribution in [0.3, 0.4) is 0 Å². The second-order valence-corrected chi connectivity index (χ2v) is 9.43. The Morgan fingerprint density at radius 2 is 1.69 bits per heavy atom. The number of carbonyl (C=O) groups is 1. The number of hydrogen-bond acceptors (Lipinski definition) is 8. The molecule has 0 saturated carbocycles. The third-order valence-electron chi connectivity index (χ3n) is 5.01. The zero-order valence-electron chi connectivity index (χ0n) is 19.4. The first-order valence-electron chi connectivity index (χ1n) is 10.2. The number of benzene rings is 3. The van der Waals surface area contributed by atoms with Gasteiger partial charge in [0.15, 0.2) is 4.90 Å². The largest absolute Gasteiger partial charge is 0.497 e. The van der Waals surface area contributed by atoms with Crippen LogP contribution in [0.5, 0.6) is 17.2 Å². The highest BCUT2D eigenvalue weighted by atomic mass is 35.5. The molecule has 0 atom stereocenters. The van der Waals surface area contributed by atoms with Crippen molar-refractivity contribution in [2.45, 2.75) is 4.90 Å². The Bertz CT molecular complexity index is 1400. The van der Waals surface area contributed by atoms with E-state index in [1.165, 1.54) is 63.8 Å². The Morgan fingerprint density at radius 3 is 2.33 bits per heavy atom. The van der Waals surface area contributed by atoms with Crippen LogP contribution in [0.1, 0.15) is 0 Å². The van der Waals surface area contributed by atoms with Crippen molar-refractivity contribution in [3.63, 3.8) is 0 Å². The van der Waals surface area contributed by atoms with E-state index in [4.69, 9.17) is 25.8 Å². The van der Waals surface area contributed by atoms with Crippen LogP contribution >= 0.6 is 11.6 Å². The van der Waals surface area contributed by atoms with Gasteiger partial charge in [-0.15, -0.1) is 0 Å². The van der Waals surface area contributed by atoms with Crippen LogP contribution in [0.15, 0.2) is 65.6 Å². The summed E-state index contributed by atoms with van der Waals surface area (Å²) in [6.45, 7) is -0.757. The van der Waals surface area contributed by atoms with Crippen molar-refractivity contribution in [2.24, 2.45) is 0 Å². The molecule has 0 heterocycles. The van der Waals surface area contributed by atoms with Gasteiger partial charge in [-0.2, -0.15) is 0 Å². The number of sulfonamides is 1. The summed E-state index contributed by atoms with van der Waals surface area (Å²) >= 11 is 6.02. The van der Waals surface area contributed by atoms with Crippen LogP contribution in [0.4, 0.5) is 17.1 Å². The number of hydrogen-bond donors (Lipinski definition) is 1. The molecular formula is C23H22ClN3O8S. The van der Waals surface area contributed by atoms with Crippen molar-refractivity contribution in [3.8, 4) is 17.2 Å². The van der Waals surface area contributed by atoms with Gasteiger partial charge in [0.1, 0.15) is 23.8 Å². The molecule has 1 N–H and O–H groups in total. The minimum atomic E-state index is -4.64. The fourth-order valence-electron chi connectivity index (χ4n) is 3.33. The van der Waals surface area contributed by atoms with E-state index in [1.807, 2.05) is 0 Å². The second-order valence-electron chi connectivity index (χ2n) is 7.17. The molecule has 0 aromatic heterocycles. The maximum absolute atomic E-state index is 13.8. The molecule has 0 bridgehead atoms. The molecule has 36 heavy (non-hydrogen) atoms. The maximum Gasteiger partial charge on any atom is 0.289 e.